The molecule has 0 heterocycles. The molecule has 0 radical (unpaired) electrons. The first-order chi connectivity index (χ1) is 8.11. The average Bonchev–Trinajstić information content (AvgIpc) is 2.34. The van der Waals surface area contributed by atoms with Crippen LogP contribution in [0.5, 0.6) is 0 Å². The number of nitriles is 1. The molecular formula is C13H17NO2S. The molecule has 1 aromatic rings. The van der Waals surface area contributed by atoms with Crippen LogP contribution in [0.1, 0.15) is 19.4 Å². The third-order valence-corrected chi connectivity index (χ3v) is 3.17. The number of ether oxygens (including phenoxy) is 1. The number of aliphatic hydroxyl groups excluding tert-OH is 1. The van der Waals surface area contributed by atoms with Crippen molar-refractivity contribution >= 4 is 11.8 Å². The van der Waals surface area contributed by atoms with Gasteiger partial charge in [0.2, 0.25) is 0 Å². The fourth-order valence-electron chi connectivity index (χ4n) is 1.20. The van der Waals surface area contributed by atoms with Gasteiger partial charge in [-0.3, -0.25) is 0 Å². The van der Waals surface area contributed by atoms with E-state index in [4.69, 9.17) is 10.00 Å². The van der Waals surface area contributed by atoms with E-state index in [9.17, 15) is 5.11 Å². The van der Waals surface area contributed by atoms with Crippen molar-refractivity contribution in [2.24, 2.45) is 0 Å². The molecule has 3 nitrogen and oxygen atoms in total. The van der Waals surface area contributed by atoms with Crippen molar-refractivity contribution in [1.29, 1.82) is 5.26 Å². The highest BCUT2D eigenvalue weighted by Gasteiger charge is 2.06. The summed E-state index contributed by atoms with van der Waals surface area (Å²) in [6.45, 7) is 4.23. The Balaban J connectivity index is 2.37. The van der Waals surface area contributed by atoms with Gasteiger partial charge in [0.25, 0.3) is 0 Å². The standard InChI is InChI=1S/C13H17NO2S/c1-10(2)16-8-12(15)9-17-13-5-3-4-11(6-13)7-14/h3-6,10,12,15H,8-9H2,1-2H3. The maximum absolute atomic E-state index is 9.68. The first kappa shape index (κ1) is 14.0. The smallest absolute Gasteiger partial charge is 0.0992 e. The van der Waals surface area contributed by atoms with Gasteiger partial charge < -0.3 is 9.84 Å². The molecule has 1 unspecified atom stereocenters. The Morgan fingerprint density at radius 3 is 2.88 bits per heavy atom. The second kappa shape index (κ2) is 7.33. The van der Waals surface area contributed by atoms with Crippen molar-refractivity contribution < 1.29 is 9.84 Å². The van der Waals surface area contributed by atoms with Crippen LogP contribution in [-0.2, 0) is 4.74 Å². The molecule has 0 saturated carbocycles. The third-order valence-electron chi connectivity index (χ3n) is 2.03. The van der Waals surface area contributed by atoms with Crippen molar-refractivity contribution in [2.45, 2.75) is 31.0 Å². The summed E-state index contributed by atoms with van der Waals surface area (Å²) in [6, 6.07) is 9.46. The molecule has 0 aliphatic heterocycles. The van der Waals surface area contributed by atoms with Gasteiger partial charge in [-0.15, -0.1) is 11.8 Å². The van der Waals surface area contributed by atoms with Gasteiger partial charge in [-0.05, 0) is 32.0 Å². The van der Waals surface area contributed by atoms with E-state index < -0.39 is 6.10 Å². The molecule has 0 fully saturated rings. The molecule has 4 heteroatoms. The highest BCUT2D eigenvalue weighted by atomic mass is 32.2. The van der Waals surface area contributed by atoms with Crippen LogP contribution in [0.2, 0.25) is 0 Å². The van der Waals surface area contributed by atoms with Gasteiger partial charge >= 0.3 is 0 Å². The van der Waals surface area contributed by atoms with Crippen LogP contribution in [0.4, 0.5) is 0 Å². The molecule has 1 N–H and O–H groups in total. The molecule has 1 rings (SSSR count). The second-order valence-corrected chi connectivity index (χ2v) is 5.08. The average molecular weight is 251 g/mol. The summed E-state index contributed by atoms with van der Waals surface area (Å²) in [5, 5.41) is 18.4. The van der Waals surface area contributed by atoms with E-state index in [1.807, 2.05) is 32.0 Å². The van der Waals surface area contributed by atoms with Gasteiger partial charge in [0.15, 0.2) is 0 Å². The lowest BCUT2D eigenvalue weighted by Crippen LogP contribution is -2.20. The van der Waals surface area contributed by atoms with Gasteiger partial charge in [0, 0.05) is 10.6 Å². The molecule has 0 spiro atoms. The van der Waals surface area contributed by atoms with Crippen LogP contribution >= 0.6 is 11.8 Å². The molecular weight excluding hydrogens is 234 g/mol. The van der Waals surface area contributed by atoms with E-state index in [0.717, 1.165) is 4.90 Å². The van der Waals surface area contributed by atoms with Crippen LogP contribution in [0.15, 0.2) is 29.2 Å². The quantitative estimate of drug-likeness (QED) is 0.789. The Kier molecular flexibility index (Phi) is 6.06. The summed E-state index contributed by atoms with van der Waals surface area (Å²) in [5.74, 6) is 0.571. The van der Waals surface area contributed by atoms with E-state index in [1.165, 1.54) is 11.8 Å². The zero-order valence-corrected chi connectivity index (χ0v) is 10.9. The van der Waals surface area contributed by atoms with E-state index >= 15 is 0 Å². The molecule has 92 valence electrons. The number of benzene rings is 1. The molecule has 0 bridgehead atoms. The zero-order chi connectivity index (χ0) is 12.7. The predicted octanol–water partition coefficient (Wildman–Crippen LogP) is 2.44. The van der Waals surface area contributed by atoms with Crippen LogP contribution < -0.4 is 0 Å². The summed E-state index contributed by atoms with van der Waals surface area (Å²) in [7, 11) is 0. The Labute approximate surface area is 106 Å². The van der Waals surface area contributed by atoms with E-state index in [-0.39, 0.29) is 6.10 Å². The minimum absolute atomic E-state index is 0.136. The van der Waals surface area contributed by atoms with Crippen LogP contribution in [0, 0.1) is 11.3 Å². The first-order valence-electron chi connectivity index (χ1n) is 5.54. The van der Waals surface area contributed by atoms with Crippen LogP contribution in [-0.4, -0.2) is 29.7 Å². The maximum Gasteiger partial charge on any atom is 0.0992 e. The van der Waals surface area contributed by atoms with Crippen molar-refractivity contribution in [3.05, 3.63) is 29.8 Å². The number of aliphatic hydroxyl groups is 1. The normalized spacial score (nSPS) is 12.4. The number of hydrogen-bond acceptors (Lipinski definition) is 4. The lowest BCUT2D eigenvalue weighted by atomic mass is 10.2. The van der Waals surface area contributed by atoms with Crippen LogP contribution in [0.25, 0.3) is 0 Å². The Morgan fingerprint density at radius 1 is 1.47 bits per heavy atom. The zero-order valence-electron chi connectivity index (χ0n) is 10.1. The Hall–Kier alpha value is -1.02. The van der Waals surface area contributed by atoms with Crippen molar-refractivity contribution in [3.8, 4) is 6.07 Å². The number of hydrogen-bond donors (Lipinski definition) is 1. The van der Waals surface area contributed by atoms with Gasteiger partial charge in [-0.2, -0.15) is 5.26 Å². The summed E-state index contributed by atoms with van der Waals surface area (Å²) in [6.07, 6.45) is -0.343. The van der Waals surface area contributed by atoms with Gasteiger partial charge in [0.05, 0.1) is 30.4 Å². The third kappa shape index (κ3) is 5.73. The Bertz CT molecular complexity index is 387. The van der Waals surface area contributed by atoms with E-state index in [0.29, 0.717) is 17.9 Å². The van der Waals surface area contributed by atoms with E-state index in [2.05, 4.69) is 6.07 Å². The van der Waals surface area contributed by atoms with Crippen LogP contribution in [0.3, 0.4) is 0 Å². The molecule has 1 atom stereocenters. The summed E-state index contributed by atoms with van der Waals surface area (Å²) >= 11 is 1.53. The van der Waals surface area contributed by atoms with Gasteiger partial charge in [-0.1, -0.05) is 6.07 Å². The van der Waals surface area contributed by atoms with Crippen molar-refractivity contribution in [2.75, 3.05) is 12.4 Å². The SMILES string of the molecule is CC(C)OCC(O)CSc1cccc(C#N)c1. The molecule has 0 amide bonds. The topological polar surface area (TPSA) is 53.2 Å². The predicted molar refractivity (Wildman–Crippen MR) is 69.0 cm³/mol. The molecule has 0 aliphatic rings. The summed E-state index contributed by atoms with van der Waals surface area (Å²) in [4.78, 5) is 0.993. The minimum Gasteiger partial charge on any atom is -0.390 e. The Morgan fingerprint density at radius 2 is 2.24 bits per heavy atom. The largest absolute Gasteiger partial charge is 0.390 e. The number of rotatable bonds is 6. The molecule has 17 heavy (non-hydrogen) atoms. The fraction of sp³-hybridized carbons (Fsp3) is 0.462. The lowest BCUT2D eigenvalue weighted by molar-refractivity contribution is 0.0152. The van der Waals surface area contributed by atoms with Gasteiger partial charge in [-0.25, -0.2) is 0 Å². The summed E-state index contributed by atoms with van der Waals surface area (Å²) < 4.78 is 5.32. The molecule has 0 aromatic heterocycles. The fourth-order valence-corrected chi connectivity index (χ4v) is 2.07. The first-order valence-corrected chi connectivity index (χ1v) is 6.53. The monoisotopic (exact) mass is 251 g/mol. The number of nitrogens with zero attached hydrogens (tertiary/aromatic N) is 1. The lowest BCUT2D eigenvalue weighted by Gasteiger charge is -2.13. The van der Waals surface area contributed by atoms with E-state index in [1.54, 1.807) is 6.07 Å². The van der Waals surface area contributed by atoms with Gasteiger partial charge in [0.1, 0.15) is 0 Å². The molecule has 1 aromatic carbocycles. The maximum atomic E-state index is 9.68. The van der Waals surface area contributed by atoms with Crippen molar-refractivity contribution in [1.82, 2.24) is 0 Å². The highest BCUT2D eigenvalue weighted by Crippen LogP contribution is 2.19. The molecule has 0 saturated heterocycles. The molecule has 0 aliphatic carbocycles. The second-order valence-electron chi connectivity index (χ2n) is 3.99. The highest BCUT2D eigenvalue weighted by molar-refractivity contribution is 7.99. The van der Waals surface area contributed by atoms with Crippen molar-refractivity contribution in [3.63, 3.8) is 0 Å². The summed E-state index contributed by atoms with van der Waals surface area (Å²) in [5.41, 5.74) is 0.642. The minimum atomic E-state index is -0.479. The number of thioether (sulfide) groups is 1.